The maximum atomic E-state index is 10.8. The zero-order valence-corrected chi connectivity index (χ0v) is 8.30. The Balaban J connectivity index is 2.64. The molecule has 86 valence electrons. The molecule has 1 aliphatic heterocycles. The molecule has 1 amide bonds. The van der Waals surface area contributed by atoms with E-state index in [9.17, 15) is 14.7 Å². The number of carboxylic acids is 1. The summed E-state index contributed by atoms with van der Waals surface area (Å²) in [7, 11) is 0. The summed E-state index contributed by atoms with van der Waals surface area (Å²) in [6.07, 6.45) is -1.79. The standard InChI is InChI=1S/C8H15N3O4/c1-3(12)11-7-6(13)5(9)4(2-10-7)8(14)15/h4-7,10,13H,2,9H2,1H3,(H,11,12)(H,14,15)/t4-,5+,6+,7-/m0/s1. The number of aliphatic carboxylic acids is 1. The molecule has 7 nitrogen and oxygen atoms in total. The number of nitrogens with two attached hydrogens (primary N) is 1. The first-order valence-corrected chi connectivity index (χ1v) is 4.60. The van der Waals surface area contributed by atoms with Crippen molar-refractivity contribution in [3.63, 3.8) is 0 Å². The van der Waals surface area contributed by atoms with E-state index in [0.717, 1.165) is 0 Å². The summed E-state index contributed by atoms with van der Waals surface area (Å²) in [6, 6.07) is -0.888. The van der Waals surface area contributed by atoms with Crippen molar-refractivity contribution in [1.29, 1.82) is 0 Å². The van der Waals surface area contributed by atoms with Crippen molar-refractivity contribution in [2.45, 2.75) is 25.2 Å². The van der Waals surface area contributed by atoms with Gasteiger partial charge in [0.1, 0.15) is 12.3 Å². The second-order valence-electron chi connectivity index (χ2n) is 3.60. The summed E-state index contributed by atoms with van der Waals surface area (Å²) in [6.45, 7) is 1.43. The highest BCUT2D eigenvalue weighted by Gasteiger charge is 2.39. The maximum absolute atomic E-state index is 10.8. The van der Waals surface area contributed by atoms with Crippen LogP contribution in [0.5, 0.6) is 0 Å². The first kappa shape index (κ1) is 11.9. The van der Waals surface area contributed by atoms with E-state index >= 15 is 0 Å². The van der Waals surface area contributed by atoms with E-state index < -0.39 is 30.2 Å². The molecule has 1 fully saturated rings. The molecule has 0 aromatic rings. The Morgan fingerprint density at radius 3 is 2.60 bits per heavy atom. The summed E-state index contributed by atoms with van der Waals surface area (Å²) in [5.74, 6) is -2.21. The number of nitrogens with one attached hydrogen (secondary N) is 2. The Morgan fingerprint density at radius 1 is 1.53 bits per heavy atom. The van der Waals surface area contributed by atoms with Crippen LogP contribution in [0.15, 0.2) is 0 Å². The quantitative estimate of drug-likeness (QED) is 0.346. The largest absolute Gasteiger partial charge is 0.481 e. The average Bonchev–Trinajstić information content (AvgIpc) is 2.12. The van der Waals surface area contributed by atoms with Crippen LogP contribution >= 0.6 is 0 Å². The summed E-state index contributed by atoms with van der Waals surface area (Å²) < 4.78 is 0. The van der Waals surface area contributed by atoms with Crippen molar-refractivity contribution >= 4 is 11.9 Å². The van der Waals surface area contributed by atoms with Gasteiger partial charge in [-0.05, 0) is 0 Å². The molecule has 0 aromatic heterocycles. The SMILES string of the molecule is CC(=O)N[C@@H]1NC[C@H](C(=O)O)[C@@H](N)[C@H]1O. The number of hydrogen-bond donors (Lipinski definition) is 5. The topological polar surface area (TPSA) is 125 Å². The van der Waals surface area contributed by atoms with Gasteiger partial charge in [-0.15, -0.1) is 0 Å². The number of piperidine rings is 1. The highest BCUT2D eigenvalue weighted by Crippen LogP contribution is 2.13. The van der Waals surface area contributed by atoms with E-state index in [1.165, 1.54) is 6.92 Å². The van der Waals surface area contributed by atoms with Crippen LogP contribution in [0.25, 0.3) is 0 Å². The fourth-order valence-electron chi connectivity index (χ4n) is 1.58. The lowest BCUT2D eigenvalue weighted by atomic mass is 9.90. The van der Waals surface area contributed by atoms with Gasteiger partial charge < -0.3 is 21.3 Å². The average molecular weight is 217 g/mol. The molecule has 0 saturated carbocycles. The molecule has 7 heteroatoms. The third-order valence-electron chi connectivity index (χ3n) is 2.43. The van der Waals surface area contributed by atoms with Crippen LogP contribution in [0.2, 0.25) is 0 Å². The molecule has 0 radical (unpaired) electrons. The van der Waals surface area contributed by atoms with Crippen molar-refractivity contribution in [1.82, 2.24) is 10.6 Å². The number of aliphatic hydroxyl groups excluding tert-OH is 1. The first-order chi connectivity index (χ1) is 6.93. The van der Waals surface area contributed by atoms with Gasteiger partial charge in [-0.25, -0.2) is 0 Å². The van der Waals surface area contributed by atoms with Gasteiger partial charge in [0.2, 0.25) is 5.91 Å². The highest BCUT2D eigenvalue weighted by atomic mass is 16.4. The van der Waals surface area contributed by atoms with E-state index in [1.807, 2.05) is 0 Å². The molecule has 0 bridgehead atoms. The number of carboxylic acid groups (broad SMARTS) is 1. The summed E-state index contributed by atoms with van der Waals surface area (Å²) in [5, 5.41) is 23.6. The monoisotopic (exact) mass is 217 g/mol. The third-order valence-corrected chi connectivity index (χ3v) is 2.43. The predicted molar refractivity (Wildman–Crippen MR) is 50.7 cm³/mol. The van der Waals surface area contributed by atoms with Gasteiger partial charge >= 0.3 is 5.97 Å². The molecule has 15 heavy (non-hydrogen) atoms. The zero-order valence-electron chi connectivity index (χ0n) is 8.30. The molecular formula is C8H15N3O4. The zero-order chi connectivity index (χ0) is 11.6. The second kappa shape index (κ2) is 4.56. The minimum absolute atomic E-state index is 0.124. The molecule has 0 aliphatic carbocycles. The van der Waals surface area contributed by atoms with Crippen LogP contribution in [0, 0.1) is 5.92 Å². The van der Waals surface area contributed by atoms with Gasteiger partial charge in [-0.3, -0.25) is 14.9 Å². The summed E-state index contributed by atoms with van der Waals surface area (Å²) in [4.78, 5) is 21.5. The Morgan fingerprint density at radius 2 is 2.13 bits per heavy atom. The van der Waals surface area contributed by atoms with Crippen molar-refractivity contribution < 1.29 is 19.8 Å². The van der Waals surface area contributed by atoms with Gasteiger partial charge in [-0.2, -0.15) is 0 Å². The number of rotatable bonds is 2. The van der Waals surface area contributed by atoms with Gasteiger partial charge in [0.05, 0.1) is 5.92 Å². The smallest absolute Gasteiger partial charge is 0.309 e. The molecule has 0 unspecified atom stereocenters. The number of aliphatic hydroxyl groups is 1. The van der Waals surface area contributed by atoms with Crippen LogP contribution in [0.4, 0.5) is 0 Å². The second-order valence-corrected chi connectivity index (χ2v) is 3.60. The van der Waals surface area contributed by atoms with E-state index in [4.69, 9.17) is 10.8 Å². The van der Waals surface area contributed by atoms with Gasteiger partial charge in [0, 0.05) is 19.5 Å². The van der Waals surface area contributed by atoms with E-state index in [0.29, 0.717) is 0 Å². The molecule has 0 spiro atoms. The van der Waals surface area contributed by atoms with Crippen LogP contribution < -0.4 is 16.4 Å². The van der Waals surface area contributed by atoms with Crippen molar-refractivity contribution in [2.24, 2.45) is 11.7 Å². The molecule has 4 atom stereocenters. The highest BCUT2D eigenvalue weighted by molar-refractivity contribution is 5.74. The minimum Gasteiger partial charge on any atom is -0.481 e. The van der Waals surface area contributed by atoms with E-state index in [2.05, 4.69) is 10.6 Å². The lowest BCUT2D eigenvalue weighted by molar-refractivity contribution is -0.145. The minimum atomic E-state index is -1.11. The fourth-order valence-corrected chi connectivity index (χ4v) is 1.58. The normalized spacial score (nSPS) is 35.9. The predicted octanol–water partition coefficient (Wildman–Crippen LogP) is -2.56. The number of carbonyl (C=O) groups excluding carboxylic acids is 1. The van der Waals surface area contributed by atoms with Crippen molar-refractivity contribution in [3.05, 3.63) is 0 Å². The molecule has 6 N–H and O–H groups in total. The Bertz CT molecular complexity index is 269. The fraction of sp³-hybridized carbons (Fsp3) is 0.750. The van der Waals surface area contributed by atoms with Crippen LogP contribution in [-0.2, 0) is 9.59 Å². The maximum Gasteiger partial charge on any atom is 0.309 e. The van der Waals surface area contributed by atoms with Crippen molar-refractivity contribution in [3.8, 4) is 0 Å². The third kappa shape index (κ3) is 2.65. The summed E-state index contributed by atoms with van der Waals surface area (Å²) in [5.41, 5.74) is 5.57. The number of amides is 1. The first-order valence-electron chi connectivity index (χ1n) is 4.60. The molecular weight excluding hydrogens is 202 g/mol. The van der Waals surface area contributed by atoms with Crippen LogP contribution in [-0.4, -0.2) is 46.9 Å². The summed E-state index contributed by atoms with van der Waals surface area (Å²) >= 11 is 0. The number of carbonyl (C=O) groups is 2. The van der Waals surface area contributed by atoms with Crippen LogP contribution in [0.3, 0.4) is 0 Å². The van der Waals surface area contributed by atoms with Gasteiger partial charge in [-0.1, -0.05) is 0 Å². The van der Waals surface area contributed by atoms with Crippen molar-refractivity contribution in [2.75, 3.05) is 6.54 Å². The Kier molecular flexibility index (Phi) is 3.61. The van der Waals surface area contributed by atoms with E-state index in [1.54, 1.807) is 0 Å². The number of hydrogen-bond acceptors (Lipinski definition) is 5. The molecule has 1 heterocycles. The van der Waals surface area contributed by atoms with Gasteiger partial charge in [0.25, 0.3) is 0 Å². The molecule has 1 rings (SSSR count). The lowest BCUT2D eigenvalue weighted by Crippen LogP contribution is -2.67. The molecule has 0 aromatic carbocycles. The molecule has 1 saturated heterocycles. The lowest BCUT2D eigenvalue weighted by Gasteiger charge is -2.37. The molecule has 1 aliphatic rings. The van der Waals surface area contributed by atoms with E-state index in [-0.39, 0.29) is 12.5 Å². The Hall–Kier alpha value is -1.18. The van der Waals surface area contributed by atoms with Crippen LogP contribution in [0.1, 0.15) is 6.92 Å². The van der Waals surface area contributed by atoms with Gasteiger partial charge in [0.15, 0.2) is 0 Å². The Labute approximate surface area is 86.6 Å².